The molecule has 1 aliphatic heterocycles. The molecule has 1 aliphatic rings. The summed E-state index contributed by atoms with van der Waals surface area (Å²) in [5.74, 6) is 0. The van der Waals surface area contributed by atoms with Crippen LogP contribution in [0, 0.1) is 0 Å². The summed E-state index contributed by atoms with van der Waals surface area (Å²) < 4.78 is 0. The third-order valence-electron chi connectivity index (χ3n) is 3.95. The van der Waals surface area contributed by atoms with Crippen LogP contribution in [0.25, 0.3) is 0 Å². The summed E-state index contributed by atoms with van der Waals surface area (Å²) in [5.41, 5.74) is 2.89. The van der Waals surface area contributed by atoms with E-state index in [0.29, 0.717) is 0 Å². The minimum Gasteiger partial charge on any atom is -0.315 e. The van der Waals surface area contributed by atoms with Gasteiger partial charge in [-0.3, -0.25) is 4.90 Å². The van der Waals surface area contributed by atoms with Crippen molar-refractivity contribution in [2.24, 2.45) is 0 Å². The van der Waals surface area contributed by atoms with Gasteiger partial charge in [0.25, 0.3) is 0 Å². The summed E-state index contributed by atoms with van der Waals surface area (Å²) >= 11 is 0. The predicted octanol–water partition coefficient (Wildman–Crippen LogP) is 2.82. The Morgan fingerprint density at radius 1 is 1.17 bits per heavy atom. The molecule has 1 N–H and O–H groups in total. The van der Waals surface area contributed by atoms with Gasteiger partial charge in [0.05, 0.1) is 0 Å². The van der Waals surface area contributed by atoms with Gasteiger partial charge in [0, 0.05) is 19.1 Å². The van der Waals surface area contributed by atoms with Gasteiger partial charge < -0.3 is 5.32 Å². The number of hydrogen-bond donors (Lipinski definition) is 1. The molecule has 1 heterocycles. The molecule has 1 unspecified atom stereocenters. The van der Waals surface area contributed by atoms with Gasteiger partial charge in [-0.15, -0.1) is 0 Å². The second-order valence-electron chi connectivity index (χ2n) is 5.24. The molecule has 1 atom stereocenters. The lowest BCUT2D eigenvalue weighted by Gasteiger charge is -2.24. The van der Waals surface area contributed by atoms with Crippen LogP contribution in [0.15, 0.2) is 24.3 Å². The van der Waals surface area contributed by atoms with Crippen molar-refractivity contribution in [2.75, 3.05) is 19.6 Å². The molecule has 0 aliphatic carbocycles. The molecule has 1 saturated heterocycles. The number of rotatable bonds is 6. The highest BCUT2D eigenvalue weighted by Gasteiger charge is 2.23. The van der Waals surface area contributed by atoms with Crippen LogP contribution in [0.5, 0.6) is 0 Å². The Morgan fingerprint density at radius 3 is 2.56 bits per heavy atom. The minimum atomic E-state index is 0.732. The molecule has 2 nitrogen and oxygen atoms in total. The second-order valence-corrected chi connectivity index (χ2v) is 5.24. The fourth-order valence-corrected chi connectivity index (χ4v) is 2.76. The van der Waals surface area contributed by atoms with Crippen molar-refractivity contribution in [1.82, 2.24) is 10.2 Å². The van der Waals surface area contributed by atoms with Crippen LogP contribution in [0.4, 0.5) is 0 Å². The molecule has 1 fully saturated rings. The Hall–Kier alpha value is -0.860. The molecule has 0 radical (unpaired) electrons. The van der Waals surface area contributed by atoms with E-state index in [4.69, 9.17) is 0 Å². The molecule has 0 bridgehead atoms. The van der Waals surface area contributed by atoms with E-state index in [1.807, 2.05) is 0 Å². The standard InChI is InChI=1S/C16H26N2/c1-3-14-7-9-15(10-8-14)13-18-11-5-6-16(18)12-17-4-2/h7-10,16-17H,3-6,11-13H2,1-2H3. The lowest BCUT2D eigenvalue weighted by molar-refractivity contribution is 0.240. The number of nitrogens with zero attached hydrogens (tertiary/aromatic N) is 1. The molecule has 100 valence electrons. The summed E-state index contributed by atoms with van der Waals surface area (Å²) in [6, 6.07) is 9.86. The zero-order chi connectivity index (χ0) is 12.8. The highest BCUT2D eigenvalue weighted by atomic mass is 15.2. The van der Waals surface area contributed by atoms with Gasteiger partial charge >= 0.3 is 0 Å². The third kappa shape index (κ3) is 3.56. The summed E-state index contributed by atoms with van der Waals surface area (Å²) in [4.78, 5) is 2.63. The van der Waals surface area contributed by atoms with E-state index in [1.54, 1.807) is 0 Å². The zero-order valence-electron chi connectivity index (χ0n) is 11.8. The largest absolute Gasteiger partial charge is 0.315 e. The Labute approximate surface area is 111 Å². The predicted molar refractivity (Wildman–Crippen MR) is 77.8 cm³/mol. The van der Waals surface area contributed by atoms with Crippen molar-refractivity contribution in [3.05, 3.63) is 35.4 Å². The number of aryl methyl sites for hydroxylation is 1. The highest BCUT2D eigenvalue weighted by Crippen LogP contribution is 2.19. The molecule has 0 amide bonds. The van der Waals surface area contributed by atoms with Crippen LogP contribution < -0.4 is 5.32 Å². The molecule has 2 heteroatoms. The number of benzene rings is 1. The number of hydrogen-bond acceptors (Lipinski definition) is 2. The van der Waals surface area contributed by atoms with E-state index in [9.17, 15) is 0 Å². The van der Waals surface area contributed by atoms with Crippen molar-refractivity contribution in [3.8, 4) is 0 Å². The first-order valence-corrected chi connectivity index (χ1v) is 7.36. The first-order chi connectivity index (χ1) is 8.83. The lowest BCUT2D eigenvalue weighted by atomic mass is 10.1. The van der Waals surface area contributed by atoms with E-state index >= 15 is 0 Å². The van der Waals surface area contributed by atoms with E-state index in [0.717, 1.165) is 32.1 Å². The monoisotopic (exact) mass is 246 g/mol. The topological polar surface area (TPSA) is 15.3 Å². The molecule has 2 rings (SSSR count). The number of nitrogens with one attached hydrogen (secondary N) is 1. The summed E-state index contributed by atoms with van der Waals surface area (Å²) in [6.07, 6.45) is 3.83. The van der Waals surface area contributed by atoms with Crippen LogP contribution in [0.3, 0.4) is 0 Å². The molecular formula is C16H26N2. The average molecular weight is 246 g/mol. The maximum Gasteiger partial charge on any atom is 0.0237 e. The van der Waals surface area contributed by atoms with Gasteiger partial charge in [-0.1, -0.05) is 38.1 Å². The molecule has 0 saturated carbocycles. The quantitative estimate of drug-likeness (QED) is 0.830. The fourth-order valence-electron chi connectivity index (χ4n) is 2.76. The van der Waals surface area contributed by atoms with Gasteiger partial charge in [-0.05, 0) is 43.5 Å². The van der Waals surface area contributed by atoms with Crippen molar-refractivity contribution in [1.29, 1.82) is 0 Å². The third-order valence-corrected chi connectivity index (χ3v) is 3.95. The Bertz CT molecular complexity index is 345. The van der Waals surface area contributed by atoms with Crippen molar-refractivity contribution in [3.63, 3.8) is 0 Å². The van der Waals surface area contributed by atoms with Crippen LogP contribution in [0.1, 0.15) is 37.8 Å². The van der Waals surface area contributed by atoms with Crippen LogP contribution in [-0.4, -0.2) is 30.6 Å². The molecule has 0 spiro atoms. The van der Waals surface area contributed by atoms with Gasteiger partial charge in [-0.25, -0.2) is 0 Å². The summed E-state index contributed by atoms with van der Waals surface area (Å²) in [5, 5.41) is 3.48. The minimum absolute atomic E-state index is 0.732. The SMILES string of the molecule is CCNCC1CCCN1Cc1ccc(CC)cc1. The summed E-state index contributed by atoms with van der Waals surface area (Å²) in [7, 11) is 0. The van der Waals surface area contributed by atoms with Crippen LogP contribution >= 0.6 is 0 Å². The van der Waals surface area contributed by atoms with E-state index in [1.165, 1.54) is 30.5 Å². The van der Waals surface area contributed by atoms with Gasteiger partial charge in [0.2, 0.25) is 0 Å². The first-order valence-electron chi connectivity index (χ1n) is 7.36. The molecule has 18 heavy (non-hydrogen) atoms. The first kappa shape index (κ1) is 13.6. The van der Waals surface area contributed by atoms with Crippen LogP contribution in [0.2, 0.25) is 0 Å². The van der Waals surface area contributed by atoms with Gasteiger partial charge in [-0.2, -0.15) is 0 Å². The molecule has 0 aromatic heterocycles. The lowest BCUT2D eigenvalue weighted by Crippen LogP contribution is -2.37. The Kier molecular flexibility index (Phi) is 5.21. The van der Waals surface area contributed by atoms with Gasteiger partial charge in [0.15, 0.2) is 0 Å². The van der Waals surface area contributed by atoms with Crippen molar-refractivity contribution < 1.29 is 0 Å². The average Bonchev–Trinajstić information content (AvgIpc) is 2.84. The van der Waals surface area contributed by atoms with E-state index in [2.05, 4.69) is 48.3 Å². The van der Waals surface area contributed by atoms with E-state index in [-0.39, 0.29) is 0 Å². The molecule has 1 aromatic rings. The Morgan fingerprint density at radius 2 is 1.89 bits per heavy atom. The fraction of sp³-hybridized carbons (Fsp3) is 0.625. The zero-order valence-corrected chi connectivity index (χ0v) is 11.8. The molecular weight excluding hydrogens is 220 g/mol. The second kappa shape index (κ2) is 6.91. The van der Waals surface area contributed by atoms with E-state index < -0.39 is 0 Å². The van der Waals surface area contributed by atoms with Crippen molar-refractivity contribution >= 4 is 0 Å². The smallest absolute Gasteiger partial charge is 0.0237 e. The van der Waals surface area contributed by atoms with Gasteiger partial charge in [0.1, 0.15) is 0 Å². The maximum absolute atomic E-state index is 3.48. The maximum atomic E-state index is 3.48. The molecule has 1 aromatic carbocycles. The highest BCUT2D eigenvalue weighted by molar-refractivity contribution is 5.22. The Balaban J connectivity index is 1.90. The van der Waals surface area contributed by atoms with Crippen LogP contribution in [-0.2, 0) is 13.0 Å². The number of likely N-dealkylation sites (tertiary alicyclic amines) is 1. The van der Waals surface area contributed by atoms with Crippen molar-refractivity contribution in [2.45, 2.75) is 45.7 Å². The summed E-state index contributed by atoms with van der Waals surface area (Å²) in [6.45, 7) is 8.98. The normalized spacial score (nSPS) is 20.4. The number of likely N-dealkylation sites (N-methyl/N-ethyl adjacent to an activating group) is 1.